The maximum absolute atomic E-state index is 8.89. The highest BCUT2D eigenvalue weighted by Gasteiger charge is 2.15. The number of phenols is 1. The Bertz CT molecular complexity index is 3260. The molecule has 0 amide bonds. The standard InChI is InChI=1S/C25H15NO2.C18H11BrO.C7H5NO/c1-3-13-22-19(9-1)20-12-6-11-18(25(20)27-22)16-7-5-8-17(15-16)24-21-10-2-4-14-23(21)28-26-24;19-13-6-3-5-12(11-13)14-8-4-9-16-15-7-1-2-10-17(15)20-18(14)16;8-5-6-3-1-2-4-7(6)9/h1-15H;1-11H;1-4,9H. The molecule has 0 aliphatic heterocycles. The lowest BCUT2D eigenvalue weighted by molar-refractivity contribution is 0.459. The molecule has 0 saturated carbocycles. The second-order valence-corrected chi connectivity index (χ2v) is 14.2. The number of para-hydroxylation sites is 6. The predicted octanol–water partition coefficient (Wildman–Crippen LogP) is 14.3. The van der Waals surface area contributed by atoms with Crippen molar-refractivity contribution >= 4 is 70.8 Å². The highest BCUT2D eigenvalue weighted by Crippen LogP contribution is 2.38. The van der Waals surface area contributed by atoms with Gasteiger partial charge in [-0.2, -0.15) is 5.26 Å². The number of furan rings is 2. The van der Waals surface area contributed by atoms with E-state index in [0.29, 0.717) is 5.56 Å². The van der Waals surface area contributed by atoms with Gasteiger partial charge in [0.2, 0.25) is 0 Å². The SMILES string of the molecule is Brc1cccc(-c2cccc3c2oc2ccccc23)c1.N#Cc1ccccc1O.c1cc(-c2noc3ccccc23)cc(-c2cccc3c2oc2ccccc23)c1. The normalized spacial score (nSPS) is 10.9. The van der Waals surface area contributed by atoms with Crippen LogP contribution < -0.4 is 0 Å². The Hall–Kier alpha value is -7.40. The maximum atomic E-state index is 8.89. The Labute approximate surface area is 335 Å². The van der Waals surface area contributed by atoms with Crippen molar-refractivity contribution in [2.75, 3.05) is 0 Å². The summed E-state index contributed by atoms with van der Waals surface area (Å²) < 4.78 is 18.8. The van der Waals surface area contributed by atoms with E-state index in [9.17, 15) is 0 Å². The second-order valence-electron chi connectivity index (χ2n) is 13.3. The number of fused-ring (bicyclic) bond motifs is 7. The van der Waals surface area contributed by atoms with E-state index in [1.807, 2.05) is 78.9 Å². The third-order valence-corrected chi connectivity index (χ3v) is 10.3. The molecular formula is C50H31BrN2O4. The van der Waals surface area contributed by atoms with Crippen LogP contribution in [0.3, 0.4) is 0 Å². The molecule has 272 valence electrons. The van der Waals surface area contributed by atoms with E-state index in [4.69, 9.17) is 23.7 Å². The third kappa shape index (κ3) is 6.91. The van der Waals surface area contributed by atoms with Crippen molar-refractivity contribution in [1.82, 2.24) is 5.16 Å². The van der Waals surface area contributed by atoms with E-state index in [2.05, 4.69) is 106 Å². The molecule has 0 saturated heterocycles. The average molecular weight is 804 g/mol. The van der Waals surface area contributed by atoms with Crippen molar-refractivity contribution in [3.05, 3.63) is 192 Å². The minimum atomic E-state index is 0.0417. The van der Waals surface area contributed by atoms with Gasteiger partial charge in [-0.3, -0.25) is 0 Å². The molecule has 6 nitrogen and oxygen atoms in total. The van der Waals surface area contributed by atoms with E-state index < -0.39 is 0 Å². The van der Waals surface area contributed by atoms with Gasteiger partial charge >= 0.3 is 0 Å². The molecule has 0 bridgehead atoms. The Balaban J connectivity index is 0.000000127. The quantitative estimate of drug-likeness (QED) is 0.191. The predicted molar refractivity (Wildman–Crippen MR) is 232 cm³/mol. The van der Waals surface area contributed by atoms with Crippen molar-refractivity contribution < 1.29 is 18.5 Å². The monoisotopic (exact) mass is 802 g/mol. The zero-order valence-corrected chi connectivity index (χ0v) is 31.9. The first-order chi connectivity index (χ1) is 28.1. The number of benzene rings is 8. The Morgan fingerprint density at radius 1 is 0.474 bits per heavy atom. The number of phenolic OH excluding ortho intramolecular Hbond substituents is 1. The summed E-state index contributed by atoms with van der Waals surface area (Å²) >= 11 is 3.53. The van der Waals surface area contributed by atoms with Crippen molar-refractivity contribution in [2.24, 2.45) is 0 Å². The molecule has 7 heteroatoms. The Kier molecular flexibility index (Phi) is 9.53. The fourth-order valence-electron chi connectivity index (χ4n) is 7.10. The first-order valence-electron chi connectivity index (χ1n) is 18.3. The molecule has 0 aliphatic rings. The van der Waals surface area contributed by atoms with Gasteiger partial charge in [0.1, 0.15) is 39.8 Å². The summed E-state index contributed by atoms with van der Waals surface area (Å²) in [6, 6.07) is 61.8. The summed E-state index contributed by atoms with van der Waals surface area (Å²) in [5.41, 5.74) is 11.1. The zero-order valence-electron chi connectivity index (χ0n) is 30.3. The number of nitrogens with zero attached hydrogens (tertiary/aromatic N) is 2. The molecule has 57 heavy (non-hydrogen) atoms. The second kappa shape index (κ2) is 15.4. The summed E-state index contributed by atoms with van der Waals surface area (Å²) in [6.07, 6.45) is 0. The van der Waals surface area contributed by atoms with Gasteiger partial charge in [0, 0.05) is 48.1 Å². The molecule has 1 N–H and O–H groups in total. The zero-order chi connectivity index (χ0) is 38.7. The van der Waals surface area contributed by atoms with E-state index in [1.165, 1.54) is 11.5 Å². The van der Waals surface area contributed by atoms with Crippen LogP contribution in [-0.4, -0.2) is 10.3 Å². The van der Waals surface area contributed by atoms with E-state index in [1.54, 1.807) is 18.2 Å². The van der Waals surface area contributed by atoms with E-state index in [-0.39, 0.29) is 5.75 Å². The maximum Gasteiger partial charge on any atom is 0.167 e. The molecule has 11 rings (SSSR count). The largest absolute Gasteiger partial charge is 0.507 e. The first-order valence-corrected chi connectivity index (χ1v) is 19.0. The topological polar surface area (TPSA) is 96.3 Å². The summed E-state index contributed by atoms with van der Waals surface area (Å²) in [6.45, 7) is 0. The van der Waals surface area contributed by atoms with Gasteiger partial charge in [-0.15, -0.1) is 0 Å². The van der Waals surface area contributed by atoms with Crippen molar-refractivity contribution in [2.45, 2.75) is 0 Å². The molecule has 0 unspecified atom stereocenters. The molecule has 0 radical (unpaired) electrons. The number of rotatable bonds is 3. The van der Waals surface area contributed by atoms with Crippen LogP contribution in [0, 0.1) is 11.3 Å². The van der Waals surface area contributed by atoms with E-state index >= 15 is 0 Å². The van der Waals surface area contributed by atoms with Gasteiger partial charge in [-0.1, -0.05) is 148 Å². The van der Waals surface area contributed by atoms with Gasteiger partial charge < -0.3 is 18.5 Å². The molecule has 3 aromatic heterocycles. The summed E-state index contributed by atoms with van der Waals surface area (Å²) in [4.78, 5) is 0. The lowest BCUT2D eigenvalue weighted by Gasteiger charge is -2.05. The highest BCUT2D eigenvalue weighted by atomic mass is 79.9. The highest BCUT2D eigenvalue weighted by molar-refractivity contribution is 9.10. The van der Waals surface area contributed by atoms with Gasteiger partial charge in [0.15, 0.2) is 5.58 Å². The fraction of sp³-hybridized carbons (Fsp3) is 0. The number of hydrogen-bond donors (Lipinski definition) is 1. The van der Waals surface area contributed by atoms with Crippen molar-refractivity contribution in [3.63, 3.8) is 0 Å². The number of hydrogen-bond acceptors (Lipinski definition) is 6. The summed E-state index contributed by atoms with van der Waals surface area (Å²) in [5, 5.41) is 27.1. The van der Waals surface area contributed by atoms with Gasteiger partial charge in [-0.25, -0.2) is 0 Å². The summed E-state index contributed by atoms with van der Waals surface area (Å²) in [7, 11) is 0. The lowest BCUT2D eigenvalue weighted by atomic mass is 9.99. The summed E-state index contributed by atoms with van der Waals surface area (Å²) in [5.74, 6) is 0.0417. The molecule has 11 aromatic rings. The van der Waals surface area contributed by atoms with E-state index in [0.717, 1.165) is 87.4 Å². The van der Waals surface area contributed by atoms with Crippen LogP contribution in [0.15, 0.2) is 200 Å². The van der Waals surface area contributed by atoms with Gasteiger partial charge in [0.05, 0.1) is 5.56 Å². The third-order valence-electron chi connectivity index (χ3n) is 9.79. The van der Waals surface area contributed by atoms with Crippen LogP contribution in [-0.2, 0) is 0 Å². The fourth-order valence-corrected chi connectivity index (χ4v) is 7.50. The number of halogens is 1. The minimum absolute atomic E-state index is 0.0417. The number of nitriles is 1. The molecule has 0 spiro atoms. The molecule has 8 aromatic carbocycles. The smallest absolute Gasteiger partial charge is 0.167 e. The minimum Gasteiger partial charge on any atom is -0.507 e. The lowest BCUT2D eigenvalue weighted by Crippen LogP contribution is -1.83. The average Bonchev–Trinajstić information content (AvgIpc) is 3.98. The van der Waals surface area contributed by atoms with Crippen LogP contribution in [0.25, 0.3) is 88.4 Å². The molecular weight excluding hydrogens is 772 g/mol. The van der Waals surface area contributed by atoms with Gasteiger partial charge in [0.25, 0.3) is 0 Å². The van der Waals surface area contributed by atoms with Crippen molar-refractivity contribution in [3.8, 4) is 45.3 Å². The first kappa shape index (κ1) is 35.3. The Morgan fingerprint density at radius 2 is 0.965 bits per heavy atom. The van der Waals surface area contributed by atoms with Crippen LogP contribution in [0.1, 0.15) is 5.56 Å². The van der Waals surface area contributed by atoms with Gasteiger partial charge in [-0.05, 0) is 65.7 Å². The van der Waals surface area contributed by atoms with Crippen molar-refractivity contribution in [1.29, 1.82) is 5.26 Å². The molecule has 0 fully saturated rings. The molecule has 0 aliphatic carbocycles. The molecule has 0 atom stereocenters. The van der Waals surface area contributed by atoms with Crippen LogP contribution in [0.5, 0.6) is 5.75 Å². The molecule has 3 heterocycles. The van der Waals surface area contributed by atoms with Crippen LogP contribution in [0.4, 0.5) is 0 Å². The Morgan fingerprint density at radius 3 is 1.56 bits per heavy atom. The number of aromatic nitrogens is 1. The number of aromatic hydroxyl groups is 1. The van der Waals surface area contributed by atoms with Crippen LogP contribution >= 0.6 is 15.9 Å². The van der Waals surface area contributed by atoms with Crippen LogP contribution in [0.2, 0.25) is 0 Å².